The van der Waals surface area contributed by atoms with E-state index in [2.05, 4.69) is 46.4 Å². The topological polar surface area (TPSA) is 93.4 Å². The van der Waals surface area contributed by atoms with E-state index in [0.29, 0.717) is 23.8 Å². The number of nitrogens with zero attached hydrogens (tertiary/aromatic N) is 3. The summed E-state index contributed by atoms with van der Waals surface area (Å²) in [6, 6.07) is 23.3. The summed E-state index contributed by atoms with van der Waals surface area (Å²) in [6.07, 6.45) is 1.28. The lowest BCUT2D eigenvalue weighted by Gasteiger charge is -2.37. The highest BCUT2D eigenvalue weighted by molar-refractivity contribution is 5.76. The van der Waals surface area contributed by atoms with Gasteiger partial charge in [0.15, 0.2) is 0 Å². The van der Waals surface area contributed by atoms with E-state index in [4.69, 9.17) is 15.5 Å². The molecule has 3 N–H and O–H groups in total. The first-order valence-electron chi connectivity index (χ1n) is 13.1. The number of carbonyl (C=O) groups excluding carboxylic acids is 1. The number of benzene rings is 3. The van der Waals surface area contributed by atoms with Gasteiger partial charge >= 0.3 is 5.97 Å². The van der Waals surface area contributed by atoms with E-state index in [-0.39, 0.29) is 18.5 Å². The molecule has 0 aliphatic carbocycles. The van der Waals surface area contributed by atoms with Gasteiger partial charge in [0.1, 0.15) is 24.3 Å². The standard InChI is InChI=1S/C31H32FN5O2/c1-20-28(19-39-30(38)27(33)18-22-8-4-3-5-9-22)35-31(34-25-14-12-24(32)13-15-25)36-29(20)37-17-16-23-10-6-7-11-26(23)21(37)2/h3-15,21,27H,16-19,33H2,1-2H3,(H,34,35,36). The van der Waals surface area contributed by atoms with E-state index < -0.39 is 12.0 Å². The predicted molar refractivity (Wildman–Crippen MR) is 150 cm³/mol. The molecule has 7 nitrogen and oxygen atoms in total. The average Bonchev–Trinajstić information content (AvgIpc) is 2.95. The fourth-order valence-corrected chi connectivity index (χ4v) is 4.95. The number of nitrogens with one attached hydrogen (secondary N) is 1. The van der Waals surface area contributed by atoms with Crippen LogP contribution in [0.4, 0.5) is 21.8 Å². The molecule has 200 valence electrons. The number of ether oxygens (including phenoxy) is 1. The third-order valence-electron chi connectivity index (χ3n) is 7.14. The van der Waals surface area contributed by atoms with Crippen LogP contribution in [0, 0.1) is 12.7 Å². The molecule has 1 aliphatic heterocycles. The average molecular weight is 526 g/mol. The summed E-state index contributed by atoms with van der Waals surface area (Å²) in [5, 5.41) is 3.17. The largest absolute Gasteiger partial charge is 0.458 e. The number of esters is 1. The van der Waals surface area contributed by atoms with E-state index in [1.54, 1.807) is 12.1 Å². The normalized spacial score (nSPS) is 15.4. The Bertz CT molecular complexity index is 1450. The van der Waals surface area contributed by atoms with Gasteiger partial charge in [0.2, 0.25) is 5.95 Å². The first-order chi connectivity index (χ1) is 18.9. The lowest BCUT2D eigenvalue weighted by Crippen LogP contribution is -2.36. The van der Waals surface area contributed by atoms with Gasteiger partial charge in [0.05, 0.1) is 11.7 Å². The van der Waals surface area contributed by atoms with Crippen LogP contribution < -0.4 is 16.0 Å². The second-order valence-corrected chi connectivity index (χ2v) is 9.80. The molecule has 39 heavy (non-hydrogen) atoms. The lowest BCUT2D eigenvalue weighted by molar-refractivity contribution is -0.146. The van der Waals surface area contributed by atoms with Gasteiger partial charge in [-0.3, -0.25) is 4.79 Å². The van der Waals surface area contributed by atoms with Gasteiger partial charge < -0.3 is 20.7 Å². The SMILES string of the molecule is Cc1c(COC(=O)C(N)Cc2ccccc2)nc(Nc2ccc(F)cc2)nc1N1CCc2ccccc2C1C. The van der Waals surface area contributed by atoms with Crippen molar-refractivity contribution in [1.82, 2.24) is 9.97 Å². The number of nitrogens with two attached hydrogens (primary N) is 1. The third-order valence-corrected chi connectivity index (χ3v) is 7.14. The molecule has 8 heteroatoms. The Hall–Kier alpha value is -4.30. The van der Waals surface area contributed by atoms with Crippen molar-refractivity contribution in [3.8, 4) is 0 Å². The van der Waals surface area contributed by atoms with Gasteiger partial charge in [0.25, 0.3) is 0 Å². The van der Waals surface area contributed by atoms with Crippen LogP contribution in [0.3, 0.4) is 0 Å². The Morgan fingerprint density at radius 1 is 1.08 bits per heavy atom. The maximum Gasteiger partial charge on any atom is 0.323 e. The van der Waals surface area contributed by atoms with E-state index >= 15 is 0 Å². The van der Waals surface area contributed by atoms with Gasteiger partial charge in [-0.15, -0.1) is 0 Å². The van der Waals surface area contributed by atoms with E-state index in [0.717, 1.165) is 29.9 Å². The highest BCUT2D eigenvalue weighted by Crippen LogP contribution is 2.35. The Balaban J connectivity index is 1.41. The van der Waals surface area contributed by atoms with Crippen LogP contribution in [-0.4, -0.2) is 28.5 Å². The minimum Gasteiger partial charge on any atom is -0.458 e. The molecule has 5 rings (SSSR count). The van der Waals surface area contributed by atoms with Gasteiger partial charge in [-0.25, -0.2) is 9.37 Å². The summed E-state index contributed by atoms with van der Waals surface area (Å²) in [5.41, 5.74) is 11.8. The van der Waals surface area contributed by atoms with Gasteiger partial charge in [-0.1, -0.05) is 54.6 Å². The Morgan fingerprint density at radius 3 is 2.56 bits per heavy atom. The molecular formula is C31H32FN5O2. The highest BCUT2D eigenvalue weighted by atomic mass is 19.1. The summed E-state index contributed by atoms with van der Waals surface area (Å²) >= 11 is 0. The number of carbonyl (C=O) groups is 1. The fourth-order valence-electron chi connectivity index (χ4n) is 4.95. The molecule has 0 saturated carbocycles. The molecule has 4 aromatic rings. The zero-order valence-electron chi connectivity index (χ0n) is 22.1. The number of fused-ring (bicyclic) bond motifs is 1. The summed E-state index contributed by atoms with van der Waals surface area (Å²) in [4.78, 5) is 24.5. The quantitative estimate of drug-likeness (QED) is 0.297. The van der Waals surface area contributed by atoms with Gasteiger partial charge in [-0.05, 0) is 67.6 Å². The minimum absolute atomic E-state index is 0.0421. The zero-order chi connectivity index (χ0) is 27.4. The molecule has 3 aromatic carbocycles. The zero-order valence-corrected chi connectivity index (χ0v) is 22.1. The summed E-state index contributed by atoms with van der Waals surface area (Å²) in [5.74, 6) is 0.280. The number of halogens is 1. The van der Waals surface area contributed by atoms with Crippen molar-refractivity contribution in [3.05, 3.63) is 113 Å². The maximum atomic E-state index is 13.5. The monoisotopic (exact) mass is 525 g/mol. The molecule has 0 saturated heterocycles. The molecule has 1 aliphatic rings. The minimum atomic E-state index is -0.788. The van der Waals surface area contributed by atoms with Crippen LogP contribution in [0.25, 0.3) is 0 Å². The van der Waals surface area contributed by atoms with Crippen molar-refractivity contribution in [2.24, 2.45) is 5.73 Å². The summed E-state index contributed by atoms with van der Waals surface area (Å²) in [6.45, 7) is 4.85. The second-order valence-electron chi connectivity index (χ2n) is 9.80. The number of hydrogen-bond acceptors (Lipinski definition) is 7. The Kier molecular flexibility index (Phi) is 7.84. The number of rotatable bonds is 8. The van der Waals surface area contributed by atoms with E-state index in [1.807, 2.05) is 37.3 Å². The molecule has 2 heterocycles. The molecule has 0 fully saturated rings. The third kappa shape index (κ3) is 6.07. The molecule has 0 spiro atoms. The number of hydrogen-bond donors (Lipinski definition) is 2. The van der Waals surface area contributed by atoms with Crippen LogP contribution in [0.5, 0.6) is 0 Å². The molecule has 0 radical (unpaired) electrons. The fraction of sp³-hybridized carbons (Fsp3) is 0.258. The molecule has 2 unspecified atom stereocenters. The van der Waals surface area contributed by atoms with Crippen LogP contribution in [0.15, 0.2) is 78.9 Å². The van der Waals surface area contributed by atoms with Crippen molar-refractivity contribution >= 4 is 23.4 Å². The Labute approximate surface area is 227 Å². The Morgan fingerprint density at radius 2 is 1.79 bits per heavy atom. The smallest absolute Gasteiger partial charge is 0.323 e. The number of anilines is 3. The van der Waals surface area contributed by atoms with Crippen LogP contribution in [0.2, 0.25) is 0 Å². The first-order valence-corrected chi connectivity index (χ1v) is 13.1. The number of aromatic nitrogens is 2. The molecule has 1 aromatic heterocycles. The van der Waals surface area contributed by atoms with Crippen molar-refractivity contribution in [2.45, 2.75) is 45.4 Å². The molecule has 2 atom stereocenters. The van der Waals surface area contributed by atoms with Crippen LogP contribution in [-0.2, 0) is 29.0 Å². The summed E-state index contributed by atoms with van der Waals surface area (Å²) < 4.78 is 19.1. The lowest BCUT2D eigenvalue weighted by atomic mass is 9.93. The predicted octanol–water partition coefficient (Wildman–Crippen LogP) is 5.40. The van der Waals surface area contributed by atoms with E-state index in [1.165, 1.54) is 23.3 Å². The van der Waals surface area contributed by atoms with E-state index in [9.17, 15) is 9.18 Å². The van der Waals surface area contributed by atoms with Crippen molar-refractivity contribution in [3.63, 3.8) is 0 Å². The van der Waals surface area contributed by atoms with Crippen molar-refractivity contribution in [2.75, 3.05) is 16.8 Å². The van der Waals surface area contributed by atoms with Crippen molar-refractivity contribution in [1.29, 1.82) is 0 Å². The van der Waals surface area contributed by atoms with Gasteiger partial charge in [0, 0.05) is 17.8 Å². The first kappa shape index (κ1) is 26.3. The maximum absolute atomic E-state index is 13.5. The van der Waals surface area contributed by atoms with Gasteiger partial charge in [-0.2, -0.15) is 4.98 Å². The molecular weight excluding hydrogens is 493 g/mol. The van der Waals surface area contributed by atoms with Crippen molar-refractivity contribution < 1.29 is 13.9 Å². The highest BCUT2D eigenvalue weighted by Gasteiger charge is 2.28. The van der Waals surface area contributed by atoms with Crippen LogP contribution in [0.1, 0.15) is 40.9 Å². The van der Waals surface area contributed by atoms with Crippen LogP contribution >= 0.6 is 0 Å². The molecule has 0 amide bonds. The summed E-state index contributed by atoms with van der Waals surface area (Å²) in [7, 11) is 0. The second kappa shape index (κ2) is 11.6. The molecule has 0 bridgehead atoms.